The first-order valence-corrected chi connectivity index (χ1v) is 5.82. The highest BCUT2D eigenvalue weighted by atomic mass is 16.3. The number of carbonyl (C=O) groups excluding carboxylic acids is 1. The molecule has 2 heterocycles. The van der Waals surface area contributed by atoms with Crippen molar-refractivity contribution in [3.63, 3.8) is 0 Å². The number of oxazole rings is 1. The molecule has 2 aromatic heterocycles. The number of aromatic nitrogens is 2. The van der Waals surface area contributed by atoms with E-state index in [4.69, 9.17) is 4.42 Å². The molecule has 3 rings (SSSR count). The summed E-state index contributed by atoms with van der Waals surface area (Å²) in [7, 11) is 0. The van der Waals surface area contributed by atoms with E-state index in [2.05, 4.69) is 15.3 Å². The summed E-state index contributed by atoms with van der Waals surface area (Å²) in [6.45, 7) is 1.47. The van der Waals surface area contributed by atoms with E-state index < -0.39 is 0 Å². The van der Waals surface area contributed by atoms with Gasteiger partial charge >= 0.3 is 0 Å². The van der Waals surface area contributed by atoms with Crippen molar-refractivity contribution in [1.29, 1.82) is 0 Å². The fraction of sp³-hybridized carbons (Fsp3) is 0.0714. The maximum Gasteiger partial charge on any atom is 0.228 e. The molecule has 0 radical (unpaired) electrons. The molecular weight excluding hydrogens is 242 g/mol. The van der Waals surface area contributed by atoms with Crippen molar-refractivity contribution in [2.24, 2.45) is 0 Å². The molecule has 94 valence electrons. The predicted octanol–water partition coefficient (Wildman–Crippen LogP) is 2.85. The van der Waals surface area contributed by atoms with Gasteiger partial charge in [0.05, 0.1) is 0 Å². The zero-order valence-corrected chi connectivity index (χ0v) is 10.3. The lowest BCUT2D eigenvalue weighted by molar-refractivity contribution is -0.114. The minimum absolute atomic E-state index is 0.0983. The number of anilines is 1. The first-order valence-electron chi connectivity index (χ1n) is 5.82. The quantitative estimate of drug-likeness (QED) is 0.762. The molecule has 0 fully saturated rings. The average molecular weight is 253 g/mol. The zero-order chi connectivity index (χ0) is 13.2. The third-order valence-corrected chi connectivity index (χ3v) is 2.62. The second-order valence-electron chi connectivity index (χ2n) is 4.10. The monoisotopic (exact) mass is 253 g/mol. The van der Waals surface area contributed by atoms with Gasteiger partial charge in [-0.05, 0) is 36.4 Å². The second-order valence-corrected chi connectivity index (χ2v) is 4.10. The van der Waals surface area contributed by atoms with Gasteiger partial charge in [-0.1, -0.05) is 0 Å². The zero-order valence-electron chi connectivity index (χ0n) is 10.3. The largest absolute Gasteiger partial charge is 0.434 e. The molecule has 3 aromatic rings. The minimum atomic E-state index is -0.0983. The maximum atomic E-state index is 10.9. The highest BCUT2D eigenvalue weighted by Crippen LogP contribution is 2.24. The van der Waals surface area contributed by atoms with Crippen molar-refractivity contribution < 1.29 is 9.21 Å². The van der Waals surface area contributed by atoms with E-state index in [0.29, 0.717) is 17.1 Å². The van der Waals surface area contributed by atoms with Crippen molar-refractivity contribution in [1.82, 2.24) is 9.97 Å². The maximum absolute atomic E-state index is 10.9. The van der Waals surface area contributed by atoms with Crippen molar-refractivity contribution in [2.75, 3.05) is 5.32 Å². The molecule has 0 aliphatic heterocycles. The molecule has 1 amide bonds. The number of hydrogen-bond donors (Lipinski definition) is 1. The Hall–Kier alpha value is -2.69. The van der Waals surface area contributed by atoms with Crippen LogP contribution in [0.2, 0.25) is 0 Å². The topological polar surface area (TPSA) is 68.0 Å². The number of nitrogens with zero attached hydrogens (tertiary/aromatic N) is 2. The minimum Gasteiger partial charge on any atom is -0.434 e. The van der Waals surface area contributed by atoms with E-state index in [-0.39, 0.29) is 5.91 Å². The molecule has 0 aliphatic carbocycles. The summed E-state index contributed by atoms with van der Waals surface area (Å²) in [6, 6.07) is 10.9. The molecule has 1 N–H and O–H groups in total. The van der Waals surface area contributed by atoms with E-state index in [1.807, 2.05) is 18.2 Å². The Labute approximate surface area is 109 Å². The van der Waals surface area contributed by atoms with Gasteiger partial charge in [0.2, 0.25) is 11.8 Å². The van der Waals surface area contributed by atoms with Gasteiger partial charge in [0.15, 0.2) is 11.2 Å². The van der Waals surface area contributed by atoms with Gasteiger partial charge in [-0.2, -0.15) is 4.98 Å². The lowest BCUT2D eigenvalue weighted by atomic mass is 10.2. The van der Waals surface area contributed by atoms with Crippen LogP contribution in [0.25, 0.3) is 22.7 Å². The Morgan fingerprint density at radius 2 is 2.00 bits per heavy atom. The number of carbonyl (C=O) groups is 1. The normalized spacial score (nSPS) is 10.6. The third-order valence-electron chi connectivity index (χ3n) is 2.62. The highest BCUT2D eigenvalue weighted by Gasteiger charge is 2.08. The van der Waals surface area contributed by atoms with Crippen LogP contribution in [0.1, 0.15) is 6.92 Å². The molecule has 0 saturated heterocycles. The fourth-order valence-electron chi connectivity index (χ4n) is 1.79. The molecule has 0 unspecified atom stereocenters. The van der Waals surface area contributed by atoms with Crippen LogP contribution in [0.3, 0.4) is 0 Å². The Kier molecular flexibility index (Phi) is 2.72. The van der Waals surface area contributed by atoms with E-state index >= 15 is 0 Å². The number of nitrogens with one attached hydrogen (secondary N) is 1. The van der Waals surface area contributed by atoms with Crippen LogP contribution >= 0.6 is 0 Å². The first kappa shape index (κ1) is 11.4. The highest BCUT2D eigenvalue weighted by molar-refractivity contribution is 5.88. The molecule has 5 nitrogen and oxygen atoms in total. The Morgan fingerprint density at radius 3 is 2.68 bits per heavy atom. The summed E-state index contributed by atoms with van der Waals surface area (Å²) in [5, 5.41) is 2.71. The Balaban J connectivity index is 1.95. The molecule has 1 aromatic carbocycles. The number of amides is 1. The average Bonchev–Trinajstić information content (AvgIpc) is 2.82. The van der Waals surface area contributed by atoms with Crippen molar-refractivity contribution >= 4 is 22.8 Å². The van der Waals surface area contributed by atoms with Gasteiger partial charge in [-0.25, -0.2) is 4.98 Å². The Bertz CT molecular complexity index is 699. The molecule has 0 atom stereocenters. The van der Waals surface area contributed by atoms with Crippen LogP contribution < -0.4 is 5.32 Å². The van der Waals surface area contributed by atoms with Crippen molar-refractivity contribution in [3.8, 4) is 11.5 Å². The first-order chi connectivity index (χ1) is 9.22. The SMILES string of the molecule is CC(=O)Nc1ccc(-c2nc3ncccc3o2)cc1. The second kappa shape index (κ2) is 4.53. The van der Waals surface area contributed by atoms with E-state index in [1.54, 1.807) is 24.4 Å². The summed E-state index contributed by atoms with van der Waals surface area (Å²) in [4.78, 5) is 19.4. The van der Waals surface area contributed by atoms with E-state index in [0.717, 1.165) is 11.3 Å². The third kappa shape index (κ3) is 2.30. The van der Waals surface area contributed by atoms with Gasteiger partial charge in [0, 0.05) is 24.4 Å². The van der Waals surface area contributed by atoms with Gasteiger partial charge < -0.3 is 9.73 Å². The summed E-state index contributed by atoms with van der Waals surface area (Å²) in [6.07, 6.45) is 1.68. The number of fused-ring (bicyclic) bond motifs is 1. The molecular formula is C14H11N3O2. The molecule has 0 aliphatic rings. The van der Waals surface area contributed by atoms with Crippen LogP contribution in [0.5, 0.6) is 0 Å². The molecule has 0 spiro atoms. The fourth-order valence-corrected chi connectivity index (χ4v) is 1.79. The molecule has 5 heteroatoms. The van der Waals surface area contributed by atoms with Crippen LogP contribution in [-0.2, 0) is 4.79 Å². The number of benzene rings is 1. The van der Waals surface area contributed by atoms with Crippen molar-refractivity contribution in [2.45, 2.75) is 6.92 Å². The van der Waals surface area contributed by atoms with Gasteiger partial charge in [-0.15, -0.1) is 0 Å². The molecule has 19 heavy (non-hydrogen) atoms. The number of rotatable bonds is 2. The van der Waals surface area contributed by atoms with Gasteiger partial charge in [0.1, 0.15) is 0 Å². The summed E-state index contributed by atoms with van der Waals surface area (Å²) >= 11 is 0. The summed E-state index contributed by atoms with van der Waals surface area (Å²) in [5.74, 6) is 0.418. The standard InChI is InChI=1S/C14H11N3O2/c1-9(18)16-11-6-4-10(5-7-11)14-17-13-12(19-14)3-2-8-15-13/h2-8H,1H3,(H,16,18). The van der Waals surface area contributed by atoms with Crippen LogP contribution in [0, 0.1) is 0 Å². The predicted molar refractivity (Wildman–Crippen MR) is 71.5 cm³/mol. The van der Waals surface area contributed by atoms with E-state index in [1.165, 1.54) is 6.92 Å². The summed E-state index contributed by atoms with van der Waals surface area (Å²) in [5.41, 5.74) is 2.82. The molecule has 0 bridgehead atoms. The van der Waals surface area contributed by atoms with Gasteiger partial charge in [-0.3, -0.25) is 4.79 Å². The molecule has 0 saturated carbocycles. The number of hydrogen-bond acceptors (Lipinski definition) is 4. The van der Waals surface area contributed by atoms with Crippen LogP contribution in [0.15, 0.2) is 47.0 Å². The van der Waals surface area contributed by atoms with Crippen LogP contribution in [0.4, 0.5) is 5.69 Å². The smallest absolute Gasteiger partial charge is 0.228 e. The van der Waals surface area contributed by atoms with Gasteiger partial charge in [0.25, 0.3) is 0 Å². The van der Waals surface area contributed by atoms with Crippen molar-refractivity contribution in [3.05, 3.63) is 42.6 Å². The van der Waals surface area contributed by atoms with E-state index in [9.17, 15) is 4.79 Å². The Morgan fingerprint density at radius 1 is 1.21 bits per heavy atom. The van der Waals surface area contributed by atoms with Crippen LogP contribution in [-0.4, -0.2) is 15.9 Å². The lowest BCUT2D eigenvalue weighted by Gasteiger charge is -2.01. The number of pyridine rings is 1. The summed E-state index contributed by atoms with van der Waals surface area (Å²) < 4.78 is 5.61. The lowest BCUT2D eigenvalue weighted by Crippen LogP contribution is -2.05.